The van der Waals surface area contributed by atoms with E-state index in [9.17, 15) is 0 Å². The molecular weight excluding hydrogens is 317 g/mol. The molecule has 2 aromatic carbocycles. The number of benzene rings is 2. The molecule has 3 nitrogen and oxygen atoms in total. The van der Waals surface area contributed by atoms with Crippen LogP contribution in [-0.2, 0) is 6.54 Å². The Kier molecular flexibility index (Phi) is 4.56. The van der Waals surface area contributed by atoms with E-state index in [1.807, 2.05) is 48.5 Å². The van der Waals surface area contributed by atoms with Crippen molar-refractivity contribution in [3.63, 3.8) is 0 Å². The zero-order chi connectivity index (χ0) is 15.4. The third-order valence-electron chi connectivity index (χ3n) is 3.25. The summed E-state index contributed by atoms with van der Waals surface area (Å²) in [6, 6.07) is 15.5. The van der Waals surface area contributed by atoms with Gasteiger partial charge in [-0.15, -0.1) is 0 Å². The zero-order valence-corrected chi connectivity index (χ0v) is 13.2. The molecule has 22 heavy (non-hydrogen) atoms. The lowest BCUT2D eigenvalue weighted by Gasteiger charge is -2.09. The van der Waals surface area contributed by atoms with Crippen molar-refractivity contribution in [1.29, 1.82) is 0 Å². The summed E-state index contributed by atoms with van der Waals surface area (Å²) in [7, 11) is 0. The van der Waals surface area contributed by atoms with Gasteiger partial charge in [0.1, 0.15) is 12.7 Å². The number of aromatic nitrogens is 3. The molecule has 5 heteroatoms. The molecule has 3 aromatic rings. The van der Waals surface area contributed by atoms with E-state index in [4.69, 9.17) is 23.2 Å². The molecule has 3 rings (SSSR count). The van der Waals surface area contributed by atoms with Crippen LogP contribution in [0.1, 0.15) is 11.1 Å². The first-order chi connectivity index (χ1) is 10.7. The Morgan fingerprint density at radius 3 is 2.50 bits per heavy atom. The van der Waals surface area contributed by atoms with Crippen LogP contribution in [0.2, 0.25) is 10.0 Å². The highest BCUT2D eigenvalue weighted by Gasteiger charge is 2.06. The fraction of sp³-hybridized carbons (Fsp3) is 0.0588. The molecule has 0 fully saturated rings. The molecular formula is C17H13Cl2N3. The Labute approximate surface area is 138 Å². The van der Waals surface area contributed by atoms with Crippen LogP contribution in [0.4, 0.5) is 0 Å². The van der Waals surface area contributed by atoms with Gasteiger partial charge in [-0.3, -0.25) is 0 Å². The Morgan fingerprint density at radius 2 is 1.82 bits per heavy atom. The van der Waals surface area contributed by atoms with E-state index in [1.54, 1.807) is 11.0 Å². The van der Waals surface area contributed by atoms with Crippen molar-refractivity contribution >= 4 is 34.9 Å². The van der Waals surface area contributed by atoms with Gasteiger partial charge in [0.2, 0.25) is 0 Å². The van der Waals surface area contributed by atoms with Crippen molar-refractivity contribution in [3.8, 4) is 0 Å². The molecule has 1 aromatic heterocycles. The predicted molar refractivity (Wildman–Crippen MR) is 90.8 cm³/mol. The summed E-state index contributed by atoms with van der Waals surface area (Å²) in [6.07, 6.45) is 5.28. The van der Waals surface area contributed by atoms with E-state index in [0.717, 1.165) is 16.7 Å². The molecule has 0 N–H and O–H groups in total. The summed E-state index contributed by atoms with van der Waals surface area (Å²) in [5, 5.41) is 5.59. The molecule has 0 saturated heterocycles. The van der Waals surface area contributed by atoms with Crippen molar-refractivity contribution in [3.05, 3.63) is 82.4 Å². The van der Waals surface area contributed by atoms with E-state index in [-0.39, 0.29) is 0 Å². The molecule has 0 radical (unpaired) electrons. The smallest absolute Gasteiger partial charge is 0.137 e. The molecule has 0 aliphatic rings. The van der Waals surface area contributed by atoms with Crippen molar-refractivity contribution in [2.75, 3.05) is 0 Å². The van der Waals surface area contributed by atoms with Gasteiger partial charge in [-0.1, -0.05) is 53.5 Å². The molecule has 0 spiro atoms. The van der Waals surface area contributed by atoms with Crippen LogP contribution < -0.4 is 0 Å². The normalized spacial score (nSPS) is 11.6. The maximum atomic E-state index is 6.26. The van der Waals surface area contributed by atoms with Crippen LogP contribution in [0, 0.1) is 0 Å². The average molecular weight is 330 g/mol. The SMILES string of the molecule is Clc1ccc(C(=Cc2ccccc2Cl)Cn2cncn2)cc1. The Balaban J connectivity index is 2.02. The topological polar surface area (TPSA) is 30.7 Å². The lowest BCUT2D eigenvalue weighted by Crippen LogP contribution is -2.01. The molecule has 0 aliphatic carbocycles. The lowest BCUT2D eigenvalue weighted by molar-refractivity contribution is 0.711. The van der Waals surface area contributed by atoms with Gasteiger partial charge in [0.15, 0.2) is 0 Å². The first-order valence-electron chi connectivity index (χ1n) is 6.76. The van der Waals surface area contributed by atoms with Crippen LogP contribution in [0.3, 0.4) is 0 Å². The number of halogens is 2. The van der Waals surface area contributed by atoms with Gasteiger partial charge in [-0.25, -0.2) is 9.67 Å². The van der Waals surface area contributed by atoms with Gasteiger partial charge in [0.05, 0.1) is 6.54 Å². The van der Waals surface area contributed by atoms with E-state index in [1.165, 1.54) is 6.33 Å². The molecule has 0 atom stereocenters. The molecule has 0 bridgehead atoms. The van der Waals surface area contributed by atoms with Gasteiger partial charge < -0.3 is 0 Å². The van der Waals surface area contributed by atoms with Gasteiger partial charge in [0.25, 0.3) is 0 Å². The standard InChI is InChI=1S/C17H13Cl2N3/c18-16-7-5-13(6-8-16)15(10-22-12-20-11-21-22)9-14-3-1-2-4-17(14)19/h1-9,11-12H,10H2. The fourth-order valence-corrected chi connectivity index (χ4v) is 2.47. The number of rotatable bonds is 4. The molecule has 1 heterocycles. The summed E-state index contributed by atoms with van der Waals surface area (Å²) in [5.74, 6) is 0. The first kappa shape index (κ1) is 14.8. The minimum absolute atomic E-state index is 0.604. The van der Waals surface area contributed by atoms with Crippen molar-refractivity contribution in [1.82, 2.24) is 14.8 Å². The second kappa shape index (κ2) is 6.77. The van der Waals surface area contributed by atoms with Crippen molar-refractivity contribution in [2.24, 2.45) is 0 Å². The minimum atomic E-state index is 0.604. The number of hydrogen-bond acceptors (Lipinski definition) is 2. The van der Waals surface area contributed by atoms with E-state index in [0.29, 0.717) is 16.6 Å². The largest absolute Gasteiger partial charge is 0.249 e. The highest BCUT2D eigenvalue weighted by Crippen LogP contribution is 2.25. The molecule has 0 unspecified atom stereocenters. The average Bonchev–Trinajstić information content (AvgIpc) is 3.03. The molecule has 110 valence electrons. The van der Waals surface area contributed by atoms with E-state index in [2.05, 4.69) is 16.2 Å². The summed E-state index contributed by atoms with van der Waals surface area (Å²) in [5.41, 5.74) is 3.12. The first-order valence-corrected chi connectivity index (χ1v) is 7.51. The van der Waals surface area contributed by atoms with Gasteiger partial charge in [0, 0.05) is 10.0 Å². The maximum absolute atomic E-state index is 6.26. The third kappa shape index (κ3) is 3.56. The Bertz CT molecular complexity index is 778. The van der Waals surface area contributed by atoms with Gasteiger partial charge >= 0.3 is 0 Å². The second-order valence-corrected chi connectivity index (χ2v) is 5.63. The highest BCUT2D eigenvalue weighted by atomic mass is 35.5. The molecule has 0 saturated carbocycles. The summed E-state index contributed by atoms with van der Waals surface area (Å²) in [6.45, 7) is 0.604. The Morgan fingerprint density at radius 1 is 1.05 bits per heavy atom. The lowest BCUT2D eigenvalue weighted by atomic mass is 10.0. The maximum Gasteiger partial charge on any atom is 0.137 e. The Hall–Kier alpha value is -2.10. The molecule has 0 aliphatic heterocycles. The predicted octanol–water partition coefficient (Wildman–Crippen LogP) is 4.83. The third-order valence-corrected chi connectivity index (χ3v) is 3.85. The number of hydrogen-bond donors (Lipinski definition) is 0. The van der Waals surface area contributed by atoms with Crippen LogP contribution in [0.15, 0.2) is 61.2 Å². The summed E-state index contributed by atoms with van der Waals surface area (Å²) < 4.78 is 1.78. The van der Waals surface area contributed by atoms with Crippen LogP contribution >= 0.6 is 23.2 Å². The van der Waals surface area contributed by atoms with Crippen LogP contribution in [-0.4, -0.2) is 14.8 Å². The number of allylic oxidation sites excluding steroid dienone is 1. The van der Waals surface area contributed by atoms with Crippen molar-refractivity contribution < 1.29 is 0 Å². The minimum Gasteiger partial charge on any atom is -0.249 e. The van der Waals surface area contributed by atoms with Crippen molar-refractivity contribution in [2.45, 2.75) is 6.54 Å². The monoisotopic (exact) mass is 329 g/mol. The van der Waals surface area contributed by atoms with Gasteiger partial charge in [-0.05, 0) is 41.0 Å². The summed E-state index contributed by atoms with van der Waals surface area (Å²) in [4.78, 5) is 3.99. The fourth-order valence-electron chi connectivity index (χ4n) is 2.15. The van der Waals surface area contributed by atoms with E-state index >= 15 is 0 Å². The van der Waals surface area contributed by atoms with Gasteiger partial charge in [-0.2, -0.15) is 5.10 Å². The van der Waals surface area contributed by atoms with Crippen LogP contribution in [0.25, 0.3) is 11.6 Å². The quantitative estimate of drug-likeness (QED) is 0.642. The van der Waals surface area contributed by atoms with E-state index < -0.39 is 0 Å². The highest BCUT2D eigenvalue weighted by molar-refractivity contribution is 6.32. The van der Waals surface area contributed by atoms with Crippen LogP contribution in [0.5, 0.6) is 0 Å². The summed E-state index contributed by atoms with van der Waals surface area (Å²) >= 11 is 12.2. The zero-order valence-electron chi connectivity index (χ0n) is 11.7. The molecule has 0 amide bonds. The second-order valence-electron chi connectivity index (χ2n) is 4.79. The number of nitrogens with zero attached hydrogens (tertiary/aromatic N) is 3.